The zero-order chi connectivity index (χ0) is 10.6. The van der Waals surface area contributed by atoms with Crippen molar-refractivity contribution in [2.75, 3.05) is 33.4 Å². The third-order valence-electron chi connectivity index (χ3n) is 2.44. The summed E-state index contributed by atoms with van der Waals surface area (Å²) in [6.45, 7) is 9.21. The fraction of sp³-hybridized carbons (Fsp3) is 1.00. The molecule has 0 rings (SSSR count). The number of hydrogen-bond donors (Lipinski definition) is 0. The van der Waals surface area contributed by atoms with Gasteiger partial charge in [-0.25, -0.2) is 0 Å². The Hall–Kier alpha value is -0.0800. The predicted octanol–water partition coefficient (Wildman–Crippen LogP) is 2.93. The summed E-state index contributed by atoms with van der Waals surface area (Å²) in [5.74, 6) is 0. The molecule has 0 saturated heterocycles. The summed E-state index contributed by atoms with van der Waals surface area (Å²) in [6.07, 6.45) is 6.39. The highest BCUT2D eigenvalue weighted by atomic mass is 16.5. The van der Waals surface area contributed by atoms with Gasteiger partial charge in [0, 0.05) is 13.7 Å². The number of unbranched alkanes of at least 4 members (excludes halogenated alkanes) is 2. The standard InChI is InChI=1S/C12H27NO/c1-4-6-10-13(9-5-2)11-7-8-12-14-3/h4-12H2,1-3H3. The zero-order valence-electron chi connectivity index (χ0n) is 10.2. The van der Waals surface area contributed by atoms with Crippen molar-refractivity contribution in [2.24, 2.45) is 0 Å². The molecule has 0 aliphatic carbocycles. The van der Waals surface area contributed by atoms with Crippen LogP contribution in [0, 0.1) is 0 Å². The molecule has 0 N–H and O–H groups in total. The van der Waals surface area contributed by atoms with E-state index in [1.54, 1.807) is 7.11 Å². The van der Waals surface area contributed by atoms with Crippen molar-refractivity contribution in [3.05, 3.63) is 0 Å². The fourth-order valence-electron chi connectivity index (χ4n) is 1.62. The van der Waals surface area contributed by atoms with Crippen molar-refractivity contribution in [3.63, 3.8) is 0 Å². The van der Waals surface area contributed by atoms with Crippen LogP contribution in [0.25, 0.3) is 0 Å². The van der Waals surface area contributed by atoms with Crippen LogP contribution < -0.4 is 0 Å². The Morgan fingerprint density at radius 2 is 1.57 bits per heavy atom. The fourth-order valence-corrected chi connectivity index (χ4v) is 1.62. The van der Waals surface area contributed by atoms with Crippen molar-refractivity contribution in [2.45, 2.75) is 46.0 Å². The maximum absolute atomic E-state index is 5.05. The van der Waals surface area contributed by atoms with Crippen LogP contribution in [0.2, 0.25) is 0 Å². The molecule has 14 heavy (non-hydrogen) atoms. The number of methoxy groups -OCH3 is 1. The second-order valence-corrected chi connectivity index (χ2v) is 3.90. The van der Waals surface area contributed by atoms with Gasteiger partial charge in [0.25, 0.3) is 0 Å². The van der Waals surface area contributed by atoms with Gasteiger partial charge in [0.15, 0.2) is 0 Å². The molecule has 2 heteroatoms. The smallest absolute Gasteiger partial charge is 0.0462 e. The van der Waals surface area contributed by atoms with Crippen LogP contribution >= 0.6 is 0 Å². The molecule has 0 aromatic carbocycles. The van der Waals surface area contributed by atoms with Gasteiger partial charge in [-0.3, -0.25) is 0 Å². The van der Waals surface area contributed by atoms with Gasteiger partial charge < -0.3 is 9.64 Å². The summed E-state index contributed by atoms with van der Waals surface area (Å²) < 4.78 is 5.05. The SMILES string of the molecule is CCCCN(CCC)CCCCOC. The molecule has 2 nitrogen and oxygen atoms in total. The third kappa shape index (κ3) is 8.52. The second kappa shape index (κ2) is 11.0. The molecule has 0 radical (unpaired) electrons. The predicted molar refractivity (Wildman–Crippen MR) is 62.7 cm³/mol. The van der Waals surface area contributed by atoms with E-state index in [4.69, 9.17) is 4.74 Å². The molecule has 0 unspecified atom stereocenters. The molecule has 0 fully saturated rings. The Kier molecular flexibility index (Phi) is 10.9. The molecule has 86 valence electrons. The minimum absolute atomic E-state index is 0.910. The Bertz CT molecular complexity index is 106. The minimum Gasteiger partial charge on any atom is -0.385 e. The summed E-state index contributed by atoms with van der Waals surface area (Å²) in [5.41, 5.74) is 0. The van der Waals surface area contributed by atoms with E-state index in [9.17, 15) is 0 Å². The normalized spacial score (nSPS) is 11.1. The lowest BCUT2D eigenvalue weighted by Gasteiger charge is -2.21. The van der Waals surface area contributed by atoms with E-state index in [0.717, 1.165) is 6.61 Å². The average molecular weight is 201 g/mol. The van der Waals surface area contributed by atoms with Crippen molar-refractivity contribution in [1.29, 1.82) is 0 Å². The van der Waals surface area contributed by atoms with E-state index in [0.29, 0.717) is 0 Å². The molecule has 0 spiro atoms. The van der Waals surface area contributed by atoms with E-state index >= 15 is 0 Å². The van der Waals surface area contributed by atoms with Crippen LogP contribution in [-0.2, 0) is 4.74 Å². The number of ether oxygens (including phenoxy) is 1. The van der Waals surface area contributed by atoms with Crippen LogP contribution in [0.15, 0.2) is 0 Å². The molecule has 0 aliphatic heterocycles. The van der Waals surface area contributed by atoms with Crippen molar-refractivity contribution < 1.29 is 4.74 Å². The average Bonchev–Trinajstić information content (AvgIpc) is 2.20. The van der Waals surface area contributed by atoms with Crippen molar-refractivity contribution in [1.82, 2.24) is 4.90 Å². The lowest BCUT2D eigenvalue weighted by molar-refractivity contribution is 0.183. The Labute approximate surface area is 89.6 Å². The number of hydrogen-bond acceptors (Lipinski definition) is 2. The number of rotatable bonds is 10. The lowest BCUT2D eigenvalue weighted by Crippen LogP contribution is -2.27. The Balaban J connectivity index is 3.40. The zero-order valence-corrected chi connectivity index (χ0v) is 10.2. The summed E-state index contributed by atoms with van der Waals surface area (Å²) in [5, 5.41) is 0. The molecule has 0 aromatic heterocycles. The first kappa shape index (κ1) is 13.9. The van der Waals surface area contributed by atoms with E-state index in [1.165, 1.54) is 51.7 Å². The summed E-state index contributed by atoms with van der Waals surface area (Å²) in [4.78, 5) is 2.58. The molecular formula is C12H27NO. The molecule has 0 aromatic rings. The maximum Gasteiger partial charge on any atom is 0.0462 e. The summed E-state index contributed by atoms with van der Waals surface area (Å²) in [7, 11) is 1.78. The van der Waals surface area contributed by atoms with Gasteiger partial charge in [-0.05, 0) is 45.3 Å². The van der Waals surface area contributed by atoms with Gasteiger partial charge in [0.05, 0.1) is 0 Å². The highest BCUT2D eigenvalue weighted by molar-refractivity contribution is 4.57. The molecule has 0 heterocycles. The molecular weight excluding hydrogens is 174 g/mol. The summed E-state index contributed by atoms with van der Waals surface area (Å²) >= 11 is 0. The molecule has 0 aliphatic rings. The quantitative estimate of drug-likeness (QED) is 0.504. The summed E-state index contributed by atoms with van der Waals surface area (Å²) in [6, 6.07) is 0. The third-order valence-corrected chi connectivity index (χ3v) is 2.44. The molecule has 0 atom stereocenters. The van der Waals surface area contributed by atoms with Gasteiger partial charge in [-0.15, -0.1) is 0 Å². The van der Waals surface area contributed by atoms with Gasteiger partial charge in [-0.2, -0.15) is 0 Å². The van der Waals surface area contributed by atoms with Crippen LogP contribution in [0.3, 0.4) is 0 Å². The van der Waals surface area contributed by atoms with E-state index in [2.05, 4.69) is 18.7 Å². The first-order chi connectivity index (χ1) is 6.85. The number of nitrogens with zero attached hydrogens (tertiary/aromatic N) is 1. The topological polar surface area (TPSA) is 12.5 Å². The van der Waals surface area contributed by atoms with Gasteiger partial charge in [-0.1, -0.05) is 20.3 Å². The van der Waals surface area contributed by atoms with Gasteiger partial charge in [0.2, 0.25) is 0 Å². The molecule has 0 saturated carbocycles. The van der Waals surface area contributed by atoms with E-state index in [-0.39, 0.29) is 0 Å². The molecule has 0 amide bonds. The highest BCUT2D eigenvalue weighted by Crippen LogP contribution is 2.00. The van der Waals surface area contributed by atoms with Crippen molar-refractivity contribution in [3.8, 4) is 0 Å². The first-order valence-corrected chi connectivity index (χ1v) is 6.06. The minimum atomic E-state index is 0.910. The van der Waals surface area contributed by atoms with Crippen LogP contribution in [-0.4, -0.2) is 38.3 Å². The van der Waals surface area contributed by atoms with Crippen LogP contribution in [0.1, 0.15) is 46.0 Å². The lowest BCUT2D eigenvalue weighted by atomic mass is 10.2. The second-order valence-electron chi connectivity index (χ2n) is 3.90. The van der Waals surface area contributed by atoms with Gasteiger partial charge >= 0.3 is 0 Å². The van der Waals surface area contributed by atoms with Crippen LogP contribution in [0.5, 0.6) is 0 Å². The first-order valence-electron chi connectivity index (χ1n) is 6.06. The maximum atomic E-state index is 5.05. The Morgan fingerprint density at radius 1 is 0.857 bits per heavy atom. The van der Waals surface area contributed by atoms with Crippen LogP contribution in [0.4, 0.5) is 0 Å². The molecule has 0 bridgehead atoms. The largest absolute Gasteiger partial charge is 0.385 e. The van der Waals surface area contributed by atoms with Crippen molar-refractivity contribution >= 4 is 0 Å². The van der Waals surface area contributed by atoms with E-state index < -0.39 is 0 Å². The highest BCUT2D eigenvalue weighted by Gasteiger charge is 2.01. The monoisotopic (exact) mass is 201 g/mol. The van der Waals surface area contributed by atoms with Gasteiger partial charge in [0.1, 0.15) is 0 Å². The Morgan fingerprint density at radius 3 is 2.14 bits per heavy atom. The van der Waals surface area contributed by atoms with E-state index in [1.807, 2.05) is 0 Å².